The Morgan fingerprint density at radius 1 is 1.06 bits per heavy atom. The van der Waals surface area contributed by atoms with Crippen molar-refractivity contribution < 1.29 is 0 Å². The highest BCUT2D eigenvalue weighted by Gasteiger charge is 2.03. The summed E-state index contributed by atoms with van der Waals surface area (Å²) in [6.45, 7) is 0. The van der Waals surface area contributed by atoms with Gasteiger partial charge in [-0.3, -0.25) is 0 Å². The van der Waals surface area contributed by atoms with E-state index in [-0.39, 0.29) is 0 Å². The first-order valence-electron chi connectivity index (χ1n) is 4.80. The van der Waals surface area contributed by atoms with E-state index in [9.17, 15) is 0 Å². The van der Waals surface area contributed by atoms with Gasteiger partial charge in [0.05, 0.1) is 5.69 Å². The number of aromatic nitrogens is 1. The fourth-order valence-electron chi connectivity index (χ4n) is 1.44. The van der Waals surface area contributed by atoms with Crippen LogP contribution in [0.3, 0.4) is 0 Å². The average molecular weight is 253 g/mol. The van der Waals surface area contributed by atoms with Gasteiger partial charge in [0.25, 0.3) is 0 Å². The quantitative estimate of drug-likeness (QED) is 0.871. The lowest BCUT2D eigenvalue weighted by atomic mass is 10.1. The van der Waals surface area contributed by atoms with E-state index >= 15 is 0 Å². The molecule has 82 valence electrons. The van der Waals surface area contributed by atoms with Crippen LogP contribution in [0.5, 0.6) is 0 Å². The molecule has 2 rings (SSSR count). The van der Waals surface area contributed by atoms with Crippen LogP contribution < -0.4 is 5.32 Å². The van der Waals surface area contributed by atoms with Crippen molar-refractivity contribution in [2.45, 2.75) is 0 Å². The third-order valence-electron chi connectivity index (χ3n) is 2.16. The first kappa shape index (κ1) is 11.2. The minimum Gasteiger partial charge on any atom is -0.373 e. The van der Waals surface area contributed by atoms with E-state index in [0.717, 1.165) is 17.1 Å². The second kappa shape index (κ2) is 4.73. The van der Waals surface area contributed by atoms with E-state index in [1.165, 1.54) is 0 Å². The van der Waals surface area contributed by atoms with Crippen molar-refractivity contribution in [3.05, 3.63) is 46.4 Å². The van der Waals surface area contributed by atoms with Gasteiger partial charge in [-0.05, 0) is 30.3 Å². The summed E-state index contributed by atoms with van der Waals surface area (Å²) in [6.07, 6.45) is 0. The third kappa shape index (κ3) is 2.46. The summed E-state index contributed by atoms with van der Waals surface area (Å²) in [6, 6.07) is 11.1. The maximum Gasteiger partial charge on any atom is 0.126 e. The number of pyridine rings is 1. The second-order valence-electron chi connectivity index (χ2n) is 3.32. The number of anilines is 1. The van der Waals surface area contributed by atoms with Gasteiger partial charge in [-0.1, -0.05) is 29.3 Å². The minimum absolute atomic E-state index is 0.610. The molecule has 0 aliphatic carbocycles. The smallest absolute Gasteiger partial charge is 0.126 e. The Balaban J connectivity index is 2.49. The molecule has 1 N–H and O–H groups in total. The minimum atomic E-state index is 0.610. The summed E-state index contributed by atoms with van der Waals surface area (Å²) >= 11 is 11.9. The molecule has 0 bridgehead atoms. The summed E-state index contributed by atoms with van der Waals surface area (Å²) in [5, 5.41) is 4.21. The molecule has 0 unspecified atom stereocenters. The maximum atomic E-state index is 5.95. The molecule has 2 aromatic rings. The van der Waals surface area contributed by atoms with Crippen molar-refractivity contribution >= 4 is 29.0 Å². The zero-order chi connectivity index (χ0) is 11.5. The number of hydrogen-bond acceptors (Lipinski definition) is 2. The Bertz CT molecular complexity index is 492. The lowest BCUT2D eigenvalue weighted by Crippen LogP contribution is -1.93. The molecule has 0 radical (unpaired) electrons. The van der Waals surface area contributed by atoms with Crippen LogP contribution in [0.2, 0.25) is 10.0 Å². The molecule has 0 saturated carbocycles. The molecule has 16 heavy (non-hydrogen) atoms. The van der Waals surface area contributed by atoms with Crippen LogP contribution in [-0.2, 0) is 0 Å². The van der Waals surface area contributed by atoms with Gasteiger partial charge in [-0.15, -0.1) is 0 Å². The summed E-state index contributed by atoms with van der Waals surface area (Å²) in [7, 11) is 1.83. The van der Waals surface area contributed by atoms with Gasteiger partial charge in [0.1, 0.15) is 5.82 Å². The largest absolute Gasteiger partial charge is 0.373 e. The SMILES string of the molecule is CNc1cccc(-c2cc(Cl)cc(Cl)c2)n1. The molecule has 0 fully saturated rings. The van der Waals surface area contributed by atoms with Crippen LogP contribution in [-0.4, -0.2) is 12.0 Å². The van der Waals surface area contributed by atoms with Crippen molar-refractivity contribution in [3.63, 3.8) is 0 Å². The molecule has 0 saturated heterocycles. The van der Waals surface area contributed by atoms with Gasteiger partial charge in [-0.25, -0.2) is 4.98 Å². The predicted octanol–water partition coefficient (Wildman–Crippen LogP) is 4.10. The number of halogens is 2. The monoisotopic (exact) mass is 252 g/mol. The Morgan fingerprint density at radius 2 is 1.75 bits per heavy atom. The van der Waals surface area contributed by atoms with Crippen LogP contribution in [0.15, 0.2) is 36.4 Å². The van der Waals surface area contributed by atoms with Crippen LogP contribution in [0, 0.1) is 0 Å². The highest BCUT2D eigenvalue weighted by molar-refractivity contribution is 6.35. The Labute approximate surface area is 104 Å². The number of nitrogens with zero attached hydrogens (tertiary/aromatic N) is 1. The van der Waals surface area contributed by atoms with E-state index in [4.69, 9.17) is 23.2 Å². The third-order valence-corrected chi connectivity index (χ3v) is 2.60. The predicted molar refractivity (Wildman–Crippen MR) is 69.2 cm³/mol. The van der Waals surface area contributed by atoms with Crippen LogP contribution in [0.25, 0.3) is 11.3 Å². The maximum absolute atomic E-state index is 5.95. The number of nitrogens with one attached hydrogen (secondary N) is 1. The molecular weight excluding hydrogens is 243 g/mol. The zero-order valence-electron chi connectivity index (χ0n) is 8.67. The normalized spacial score (nSPS) is 10.2. The number of rotatable bonds is 2. The topological polar surface area (TPSA) is 24.9 Å². The lowest BCUT2D eigenvalue weighted by Gasteiger charge is -2.05. The van der Waals surface area contributed by atoms with Gasteiger partial charge in [0.15, 0.2) is 0 Å². The van der Waals surface area contributed by atoms with E-state index in [0.29, 0.717) is 10.0 Å². The Kier molecular flexibility index (Phi) is 3.32. The molecule has 1 aromatic heterocycles. The second-order valence-corrected chi connectivity index (χ2v) is 4.19. The Hall–Kier alpha value is -1.25. The summed E-state index contributed by atoms with van der Waals surface area (Å²) in [5.41, 5.74) is 1.76. The summed E-state index contributed by atoms with van der Waals surface area (Å²) < 4.78 is 0. The van der Waals surface area contributed by atoms with Crippen molar-refractivity contribution in [3.8, 4) is 11.3 Å². The molecule has 2 nitrogen and oxygen atoms in total. The Morgan fingerprint density at radius 3 is 2.38 bits per heavy atom. The lowest BCUT2D eigenvalue weighted by molar-refractivity contribution is 1.29. The van der Waals surface area contributed by atoms with Crippen molar-refractivity contribution in [2.75, 3.05) is 12.4 Å². The van der Waals surface area contributed by atoms with Crippen LogP contribution in [0.1, 0.15) is 0 Å². The number of benzene rings is 1. The van der Waals surface area contributed by atoms with Gasteiger partial charge in [0.2, 0.25) is 0 Å². The molecule has 0 amide bonds. The molecule has 4 heteroatoms. The molecule has 0 aliphatic heterocycles. The number of hydrogen-bond donors (Lipinski definition) is 1. The van der Waals surface area contributed by atoms with Crippen LogP contribution in [0.4, 0.5) is 5.82 Å². The fourth-order valence-corrected chi connectivity index (χ4v) is 1.96. The highest BCUT2D eigenvalue weighted by Crippen LogP contribution is 2.26. The van der Waals surface area contributed by atoms with Gasteiger partial charge >= 0.3 is 0 Å². The van der Waals surface area contributed by atoms with Gasteiger partial charge < -0.3 is 5.32 Å². The molecular formula is C12H10Cl2N2. The van der Waals surface area contributed by atoms with Crippen molar-refractivity contribution in [1.82, 2.24) is 4.98 Å². The van der Waals surface area contributed by atoms with Gasteiger partial charge in [-0.2, -0.15) is 0 Å². The highest BCUT2D eigenvalue weighted by atomic mass is 35.5. The average Bonchev–Trinajstić information content (AvgIpc) is 2.28. The van der Waals surface area contributed by atoms with E-state index < -0.39 is 0 Å². The van der Waals surface area contributed by atoms with E-state index in [1.807, 2.05) is 37.4 Å². The van der Waals surface area contributed by atoms with E-state index in [1.54, 1.807) is 6.07 Å². The molecule has 0 atom stereocenters. The van der Waals surface area contributed by atoms with Gasteiger partial charge in [0, 0.05) is 22.7 Å². The summed E-state index contributed by atoms with van der Waals surface area (Å²) in [4.78, 5) is 4.42. The fraction of sp³-hybridized carbons (Fsp3) is 0.0833. The molecule has 0 aliphatic rings. The van der Waals surface area contributed by atoms with Crippen molar-refractivity contribution in [1.29, 1.82) is 0 Å². The van der Waals surface area contributed by atoms with Crippen LogP contribution >= 0.6 is 23.2 Å². The summed E-state index contributed by atoms with van der Waals surface area (Å²) in [5.74, 6) is 0.814. The zero-order valence-corrected chi connectivity index (χ0v) is 10.2. The first-order chi connectivity index (χ1) is 7.69. The molecule has 1 aromatic carbocycles. The first-order valence-corrected chi connectivity index (χ1v) is 5.56. The standard InChI is InChI=1S/C12H10Cl2N2/c1-15-12-4-2-3-11(16-12)8-5-9(13)7-10(14)6-8/h2-7H,1H3,(H,15,16). The van der Waals surface area contributed by atoms with E-state index in [2.05, 4.69) is 10.3 Å². The van der Waals surface area contributed by atoms with Crippen molar-refractivity contribution in [2.24, 2.45) is 0 Å². The molecule has 1 heterocycles. The molecule has 0 spiro atoms.